The molecule has 2 aliphatic rings. The van der Waals surface area contributed by atoms with Gasteiger partial charge in [-0.3, -0.25) is 19.4 Å². The quantitative estimate of drug-likeness (QED) is 0.687. The van der Waals surface area contributed by atoms with Crippen LogP contribution in [0.15, 0.2) is 48.5 Å². The van der Waals surface area contributed by atoms with E-state index in [1.807, 2.05) is 41.3 Å². The lowest BCUT2D eigenvalue weighted by Gasteiger charge is -2.35. The van der Waals surface area contributed by atoms with E-state index in [1.165, 1.54) is 0 Å². The highest BCUT2D eigenvalue weighted by molar-refractivity contribution is 6.30. The van der Waals surface area contributed by atoms with Gasteiger partial charge in [-0.15, -0.1) is 0 Å². The zero-order valence-electron chi connectivity index (χ0n) is 17.3. The van der Waals surface area contributed by atoms with Crippen molar-refractivity contribution >= 4 is 29.1 Å². The molecule has 0 N–H and O–H groups in total. The Morgan fingerprint density at radius 3 is 2.55 bits per heavy atom. The summed E-state index contributed by atoms with van der Waals surface area (Å²) >= 11 is 5.89. The minimum absolute atomic E-state index is 0.0397. The second kappa shape index (κ2) is 10.0. The number of nitrogens with zero attached hydrogens (tertiary/aromatic N) is 3. The van der Waals surface area contributed by atoms with Gasteiger partial charge in [0.2, 0.25) is 11.8 Å². The third-order valence-corrected chi connectivity index (χ3v) is 5.79. The molecule has 0 spiro atoms. The fourth-order valence-electron chi connectivity index (χ4n) is 3.77. The Morgan fingerprint density at radius 2 is 1.77 bits per heavy atom. The highest BCUT2D eigenvalue weighted by atomic mass is 35.5. The third-order valence-electron chi connectivity index (χ3n) is 5.54. The Bertz CT molecular complexity index is 913. The average Bonchev–Trinajstić information content (AvgIpc) is 2.94. The third kappa shape index (κ3) is 5.48. The van der Waals surface area contributed by atoms with Crippen LogP contribution in [0.5, 0.6) is 11.5 Å². The number of amides is 2. The molecule has 2 aliphatic heterocycles. The number of carbonyl (C=O) groups excluding carboxylic acids is 2. The summed E-state index contributed by atoms with van der Waals surface area (Å²) in [4.78, 5) is 31.1. The molecule has 0 atom stereocenters. The molecule has 1 saturated heterocycles. The normalized spacial score (nSPS) is 17.0. The van der Waals surface area contributed by atoms with Gasteiger partial charge in [-0.05, 0) is 36.4 Å². The number of ether oxygens (including phenoxy) is 2. The van der Waals surface area contributed by atoms with Crippen molar-refractivity contribution in [3.05, 3.63) is 53.6 Å². The molecule has 8 heteroatoms. The van der Waals surface area contributed by atoms with Gasteiger partial charge in [-0.2, -0.15) is 0 Å². The number of halogens is 1. The van der Waals surface area contributed by atoms with Crippen molar-refractivity contribution in [1.82, 2.24) is 9.80 Å². The maximum Gasteiger partial charge on any atom is 0.242 e. The molecule has 1 fully saturated rings. The highest BCUT2D eigenvalue weighted by Crippen LogP contribution is 2.30. The van der Waals surface area contributed by atoms with Gasteiger partial charge in [0.25, 0.3) is 0 Å². The zero-order chi connectivity index (χ0) is 21.6. The van der Waals surface area contributed by atoms with Crippen LogP contribution in [-0.2, 0) is 9.59 Å². The van der Waals surface area contributed by atoms with Gasteiger partial charge < -0.3 is 14.4 Å². The van der Waals surface area contributed by atoms with Gasteiger partial charge in [0.05, 0.1) is 18.7 Å². The highest BCUT2D eigenvalue weighted by Gasteiger charge is 2.28. The number of piperazine rings is 1. The minimum atomic E-state index is -0.0868. The molecular formula is C23H26ClN3O4. The largest absolute Gasteiger partial charge is 0.492 e. The first-order chi connectivity index (χ1) is 15.1. The number of carbonyl (C=O) groups is 2. The zero-order valence-corrected chi connectivity index (χ0v) is 18.1. The summed E-state index contributed by atoms with van der Waals surface area (Å²) in [6.45, 7) is 4.58. The fourth-order valence-corrected chi connectivity index (χ4v) is 3.90. The summed E-state index contributed by atoms with van der Waals surface area (Å²) in [5, 5.41) is 0.686. The topological polar surface area (TPSA) is 62.3 Å². The molecule has 2 amide bonds. The molecule has 0 aliphatic carbocycles. The van der Waals surface area contributed by atoms with E-state index in [4.69, 9.17) is 21.1 Å². The standard InChI is InChI=1S/C23H26ClN3O4/c24-18-5-7-19(8-6-18)30-16-14-25-10-12-26(13-11-25)23(29)17-27-20-3-1-2-4-21(20)31-15-9-22(27)28/h1-8H,9-17H2. The van der Waals surface area contributed by atoms with E-state index in [0.29, 0.717) is 42.8 Å². The SMILES string of the molecule is O=C(CN1C(=O)CCOc2ccccc21)N1CCN(CCOc2ccc(Cl)cc2)CC1. The smallest absolute Gasteiger partial charge is 0.242 e. The summed E-state index contributed by atoms with van der Waals surface area (Å²) in [6.07, 6.45) is 0.267. The molecule has 0 radical (unpaired) electrons. The van der Waals surface area contributed by atoms with E-state index in [9.17, 15) is 9.59 Å². The van der Waals surface area contributed by atoms with Crippen LogP contribution in [0.4, 0.5) is 5.69 Å². The van der Waals surface area contributed by atoms with Crippen molar-refractivity contribution in [2.45, 2.75) is 6.42 Å². The summed E-state index contributed by atoms with van der Waals surface area (Å²) in [5.41, 5.74) is 0.663. The molecule has 0 aromatic heterocycles. The average molecular weight is 444 g/mol. The van der Waals surface area contributed by atoms with E-state index >= 15 is 0 Å². The molecule has 2 aromatic rings. The molecule has 7 nitrogen and oxygen atoms in total. The number of fused-ring (bicyclic) bond motifs is 1. The van der Waals surface area contributed by atoms with Crippen molar-refractivity contribution in [3.8, 4) is 11.5 Å². The van der Waals surface area contributed by atoms with Gasteiger partial charge in [0.1, 0.15) is 24.7 Å². The van der Waals surface area contributed by atoms with Crippen molar-refractivity contribution in [2.24, 2.45) is 0 Å². The molecule has 2 heterocycles. The number of para-hydroxylation sites is 2. The Morgan fingerprint density at radius 1 is 1.03 bits per heavy atom. The first-order valence-electron chi connectivity index (χ1n) is 10.5. The number of rotatable bonds is 6. The van der Waals surface area contributed by atoms with Crippen LogP contribution in [0, 0.1) is 0 Å². The second-order valence-electron chi connectivity index (χ2n) is 7.57. The van der Waals surface area contributed by atoms with Gasteiger partial charge in [0, 0.05) is 37.7 Å². The molecule has 2 aromatic carbocycles. The lowest BCUT2D eigenvalue weighted by molar-refractivity contribution is -0.133. The van der Waals surface area contributed by atoms with Gasteiger partial charge in [-0.1, -0.05) is 23.7 Å². The maximum atomic E-state index is 12.9. The van der Waals surface area contributed by atoms with Crippen molar-refractivity contribution < 1.29 is 19.1 Å². The number of benzene rings is 2. The molecule has 0 unspecified atom stereocenters. The number of hydrogen-bond donors (Lipinski definition) is 0. The maximum absolute atomic E-state index is 12.9. The van der Waals surface area contributed by atoms with E-state index < -0.39 is 0 Å². The predicted octanol–water partition coefficient (Wildman–Crippen LogP) is 2.68. The van der Waals surface area contributed by atoms with Crippen LogP contribution in [0.25, 0.3) is 0 Å². The van der Waals surface area contributed by atoms with Gasteiger partial charge >= 0.3 is 0 Å². The van der Waals surface area contributed by atoms with E-state index in [0.717, 1.165) is 25.4 Å². The monoisotopic (exact) mass is 443 g/mol. The van der Waals surface area contributed by atoms with Crippen LogP contribution in [0.3, 0.4) is 0 Å². The van der Waals surface area contributed by atoms with Crippen LogP contribution >= 0.6 is 11.6 Å². The van der Waals surface area contributed by atoms with Gasteiger partial charge in [-0.25, -0.2) is 0 Å². The van der Waals surface area contributed by atoms with Crippen LogP contribution in [0.1, 0.15) is 6.42 Å². The fraction of sp³-hybridized carbons (Fsp3) is 0.391. The molecule has 0 bridgehead atoms. The molecule has 164 valence electrons. The Balaban J connectivity index is 1.25. The Labute approximate surface area is 187 Å². The van der Waals surface area contributed by atoms with E-state index in [1.54, 1.807) is 17.0 Å². The summed E-state index contributed by atoms with van der Waals surface area (Å²) in [5.74, 6) is 1.31. The Hall–Kier alpha value is -2.77. The van der Waals surface area contributed by atoms with Gasteiger partial charge in [0.15, 0.2) is 0 Å². The first-order valence-corrected chi connectivity index (χ1v) is 10.9. The van der Waals surface area contributed by atoms with E-state index in [2.05, 4.69) is 4.90 Å². The van der Waals surface area contributed by atoms with E-state index in [-0.39, 0.29) is 24.8 Å². The first kappa shape index (κ1) is 21.5. The minimum Gasteiger partial charge on any atom is -0.492 e. The second-order valence-corrected chi connectivity index (χ2v) is 8.01. The molecular weight excluding hydrogens is 418 g/mol. The lowest BCUT2D eigenvalue weighted by Crippen LogP contribution is -2.52. The molecule has 31 heavy (non-hydrogen) atoms. The summed E-state index contributed by atoms with van der Waals surface area (Å²) < 4.78 is 11.4. The van der Waals surface area contributed by atoms with Crippen molar-refractivity contribution in [2.75, 3.05) is 57.4 Å². The predicted molar refractivity (Wildman–Crippen MR) is 119 cm³/mol. The van der Waals surface area contributed by atoms with Crippen molar-refractivity contribution in [3.63, 3.8) is 0 Å². The molecule has 4 rings (SSSR count). The van der Waals surface area contributed by atoms with Crippen LogP contribution in [0.2, 0.25) is 5.02 Å². The van der Waals surface area contributed by atoms with Crippen molar-refractivity contribution in [1.29, 1.82) is 0 Å². The lowest BCUT2D eigenvalue weighted by atomic mass is 10.2. The summed E-state index contributed by atoms with van der Waals surface area (Å²) in [7, 11) is 0. The number of hydrogen-bond acceptors (Lipinski definition) is 5. The van der Waals surface area contributed by atoms with Crippen LogP contribution < -0.4 is 14.4 Å². The number of anilines is 1. The molecule has 0 saturated carbocycles. The summed E-state index contributed by atoms with van der Waals surface area (Å²) in [6, 6.07) is 14.7. The Kier molecular flexibility index (Phi) is 6.94. The van der Waals surface area contributed by atoms with Crippen LogP contribution in [-0.4, -0.2) is 74.1 Å².